The molecule has 0 radical (unpaired) electrons. The third-order valence-electron chi connectivity index (χ3n) is 2.09. The van der Waals surface area contributed by atoms with Crippen LogP contribution in [0.3, 0.4) is 0 Å². The Morgan fingerprint density at radius 2 is 2.27 bits per heavy atom. The summed E-state index contributed by atoms with van der Waals surface area (Å²) in [6.07, 6.45) is 0.685. The first-order valence-corrected chi connectivity index (χ1v) is 5.37. The molecule has 1 atom stereocenters. The van der Waals surface area contributed by atoms with Crippen LogP contribution in [-0.2, 0) is 4.74 Å². The highest BCUT2D eigenvalue weighted by molar-refractivity contribution is 9.10. The van der Waals surface area contributed by atoms with Gasteiger partial charge in [-0.05, 0) is 30.6 Å². The van der Waals surface area contributed by atoms with Crippen molar-refractivity contribution in [3.63, 3.8) is 0 Å². The summed E-state index contributed by atoms with van der Waals surface area (Å²) in [7, 11) is 0. The number of amides is 1. The van der Waals surface area contributed by atoms with Crippen molar-refractivity contribution >= 4 is 21.8 Å². The summed E-state index contributed by atoms with van der Waals surface area (Å²) < 4.78 is 36.0. The Morgan fingerprint density at radius 3 is 2.87 bits per heavy atom. The molecular weight excluding hydrogens is 258 g/mol. The van der Waals surface area contributed by atoms with Gasteiger partial charge in [-0.15, -0.1) is 0 Å². The molecule has 1 fully saturated rings. The van der Waals surface area contributed by atoms with Crippen molar-refractivity contribution in [1.29, 1.82) is 0 Å². The summed E-state index contributed by atoms with van der Waals surface area (Å²) in [6, 6.07) is -1.34. The van der Waals surface area contributed by atoms with Crippen LogP contribution in [0, 0.1) is 0 Å². The van der Waals surface area contributed by atoms with Gasteiger partial charge >= 0.3 is 0 Å². The van der Waals surface area contributed by atoms with Gasteiger partial charge in [0.1, 0.15) is 0 Å². The van der Waals surface area contributed by atoms with Crippen LogP contribution in [-0.4, -0.2) is 25.2 Å². The Bertz CT molecular complexity index is 503. The first-order valence-electron chi connectivity index (χ1n) is 6.58. The highest BCUT2D eigenvalue weighted by Gasteiger charge is 2.18. The number of rotatable bonds is 2. The molecule has 80 valence electrons. The van der Waals surface area contributed by atoms with Crippen molar-refractivity contribution in [1.82, 2.24) is 5.32 Å². The summed E-state index contributed by atoms with van der Waals surface area (Å²) in [5, 5.41) is 2.66. The number of halogens is 1. The minimum absolute atomic E-state index is 0.0586. The molecule has 0 aromatic heterocycles. The molecule has 1 unspecified atom stereocenters. The summed E-state index contributed by atoms with van der Waals surface area (Å²) in [5.41, 5.74) is -0.231. The number of benzene rings is 1. The first-order chi connectivity index (χ1) is 8.93. The van der Waals surface area contributed by atoms with Crippen molar-refractivity contribution < 1.29 is 15.0 Å². The number of nitrogens with one attached hydrogen (secondary N) is 1. The second-order valence-electron chi connectivity index (χ2n) is 3.22. The van der Waals surface area contributed by atoms with E-state index in [1.807, 2.05) is 0 Å². The summed E-state index contributed by atoms with van der Waals surface area (Å²) in [4.78, 5) is 12.1. The van der Waals surface area contributed by atoms with Crippen LogP contribution in [0.25, 0.3) is 0 Å². The van der Waals surface area contributed by atoms with Crippen molar-refractivity contribution in [3.8, 4) is 0 Å². The molecule has 3 nitrogen and oxygen atoms in total. The molecule has 1 N–H and O–H groups in total. The van der Waals surface area contributed by atoms with Crippen LogP contribution in [0.5, 0.6) is 0 Å². The van der Waals surface area contributed by atoms with Crippen molar-refractivity contribution in [2.45, 2.75) is 12.5 Å². The van der Waals surface area contributed by atoms with E-state index in [0.29, 0.717) is 19.6 Å². The van der Waals surface area contributed by atoms with Crippen molar-refractivity contribution in [3.05, 3.63) is 34.2 Å². The molecule has 0 bridgehead atoms. The van der Waals surface area contributed by atoms with E-state index < -0.39 is 5.91 Å². The Kier molecular flexibility index (Phi) is 2.12. The van der Waals surface area contributed by atoms with Gasteiger partial charge in [0.15, 0.2) is 0 Å². The van der Waals surface area contributed by atoms with Gasteiger partial charge in [-0.25, -0.2) is 0 Å². The van der Waals surface area contributed by atoms with E-state index in [9.17, 15) is 4.79 Å². The number of hydrogen-bond acceptors (Lipinski definition) is 2. The Labute approximate surface area is 103 Å². The third kappa shape index (κ3) is 2.79. The van der Waals surface area contributed by atoms with Gasteiger partial charge in [0.25, 0.3) is 5.91 Å². The quantitative estimate of drug-likeness (QED) is 0.895. The maximum atomic E-state index is 12.1. The lowest BCUT2D eigenvalue weighted by Gasteiger charge is -2.10. The summed E-state index contributed by atoms with van der Waals surface area (Å²) in [5.74, 6) is -0.597. The van der Waals surface area contributed by atoms with E-state index in [0.717, 1.165) is 0 Å². The number of carbonyl (C=O) groups excluding carboxylic acids is 1. The normalized spacial score (nSPS) is 23.9. The van der Waals surface area contributed by atoms with Crippen LogP contribution < -0.4 is 5.32 Å². The largest absolute Gasteiger partial charge is 0.379 e. The predicted octanol–water partition coefficient (Wildman–Crippen LogP) is 1.97. The van der Waals surface area contributed by atoms with Crippen molar-refractivity contribution in [2.24, 2.45) is 0 Å². The zero-order chi connectivity index (χ0) is 14.2. The highest BCUT2D eigenvalue weighted by Crippen LogP contribution is 2.11. The van der Waals surface area contributed by atoms with E-state index in [2.05, 4.69) is 21.2 Å². The number of ether oxygens (including phenoxy) is 1. The second-order valence-corrected chi connectivity index (χ2v) is 4.02. The van der Waals surface area contributed by atoms with Gasteiger partial charge in [-0.2, -0.15) is 0 Å². The van der Waals surface area contributed by atoms with Gasteiger partial charge in [-0.3, -0.25) is 4.79 Å². The third-order valence-corrected chi connectivity index (χ3v) is 2.48. The molecule has 0 spiro atoms. The van der Waals surface area contributed by atoms with Gasteiger partial charge in [0.2, 0.25) is 0 Å². The fourth-order valence-electron chi connectivity index (χ4n) is 1.32. The first kappa shape index (κ1) is 6.66. The Balaban J connectivity index is 2.36. The van der Waals surface area contributed by atoms with Gasteiger partial charge in [0.05, 0.1) is 18.1 Å². The second kappa shape index (κ2) is 4.77. The fraction of sp³-hybridized carbons (Fsp3) is 0.364. The highest BCUT2D eigenvalue weighted by atomic mass is 79.9. The van der Waals surface area contributed by atoms with E-state index in [4.69, 9.17) is 10.2 Å². The minimum Gasteiger partial charge on any atom is -0.379 e. The fourth-order valence-corrected chi connectivity index (χ4v) is 1.51. The standard InChI is InChI=1S/C11H12BrNO2/c12-9-3-1-8(2-4-9)11(14)13-10-5-6-15-7-10/h1-4,10H,5-7H2,(H,13,14)/i1D,2D,3D,4D. The molecule has 1 heterocycles. The maximum absolute atomic E-state index is 12.1. The molecule has 4 heteroatoms. The monoisotopic (exact) mass is 273 g/mol. The molecule has 0 aliphatic carbocycles. The zero-order valence-electron chi connectivity index (χ0n) is 11.9. The van der Waals surface area contributed by atoms with Crippen LogP contribution in [0.2, 0.25) is 0 Å². The lowest BCUT2D eigenvalue weighted by atomic mass is 10.2. The average Bonchev–Trinajstić information content (AvgIpc) is 2.87. The molecule has 1 aromatic rings. The molecule has 1 aliphatic rings. The van der Waals surface area contributed by atoms with E-state index >= 15 is 0 Å². The number of carbonyl (C=O) groups is 1. The molecule has 1 aliphatic heterocycles. The Hall–Kier alpha value is -0.870. The minimum atomic E-state index is -0.597. The van der Waals surface area contributed by atoms with Crippen LogP contribution in [0.4, 0.5) is 0 Å². The topological polar surface area (TPSA) is 38.3 Å². The van der Waals surface area contributed by atoms with Crippen LogP contribution in [0.1, 0.15) is 22.3 Å². The predicted molar refractivity (Wildman–Crippen MR) is 60.8 cm³/mol. The molecular formula is C11H12BrNO2. The van der Waals surface area contributed by atoms with Crippen molar-refractivity contribution in [2.75, 3.05) is 13.2 Å². The summed E-state index contributed by atoms with van der Waals surface area (Å²) in [6.45, 7) is 0.977. The molecule has 0 saturated carbocycles. The SMILES string of the molecule is [2H]c1c([2H])c(C(=O)NC2CCOC2)c([2H])c([2H])c1Br. The van der Waals surface area contributed by atoms with Crippen LogP contribution in [0.15, 0.2) is 28.6 Å². The number of hydrogen-bond donors (Lipinski definition) is 1. The smallest absolute Gasteiger partial charge is 0.251 e. The van der Waals surface area contributed by atoms with E-state index in [-0.39, 0.29) is 40.2 Å². The van der Waals surface area contributed by atoms with Gasteiger partial charge in [0, 0.05) is 16.6 Å². The molecule has 15 heavy (non-hydrogen) atoms. The molecule has 1 aromatic carbocycles. The average molecular weight is 274 g/mol. The molecule has 2 rings (SSSR count). The lowest BCUT2D eigenvalue weighted by Crippen LogP contribution is -2.34. The Morgan fingerprint density at radius 1 is 1.53 bits per heavy atom. The van der Waals surface area contributed by atoms with Crippen LogP contribution >= 0.6 is 15.9 Å². The maximum Gasteiger partial charge on any atom is 0.251 e. The van der Waals surface area contributed by atoms with Gasteiger partial charge in [-0.1, -0.05) is 15.9 Å². The lowest BCUT2D eigenvalue weighted by molar-refractivity contribution is 0.0930. The molecule has 1 saturated heterocycles. The van der Waals surface area contributed by atoms with Gasteiger partial charge < -0.3 is 10.1 Å². The van der Waals surface area contributed by atoms with E-state index in [1.54, 1.807) is 0 Å². The summed E-state index contributed by atoms with van der Waals surface area (Å²) >= 11 is 2.99. The zero-order valence-corrected chi connectivity index (χ0v) is 9.48. The molecule has 1 amide bonds. The van der Waals surface area contributed by atoms with E-state index in [1.165, 1.54) is 0 Å².